The average Bonchev–Trinajstić information content (AvgIpc) is 3.35. The molecule has 1 aromatic rings. The maximum Gasteiger partial charge on any atom is 0.326 e. The quantitative estimate of drug-likeness (QED) is 0.317. The lowest BCUT2D eigenvalue weighted by Gasteiger charge is -2.30. The second-order valence-corrected chi connectivity index (χ2v) is 10.0. The van der Waals surface area contributed by atoms with Gasteiger partial charge >= 0.3 is 5.97 Å². The first-order chi connectivity index (χ1) is 16.7. The molecule has 5 atom stereocenters. The number of carboxylic acids is 1. The Balaban J connectivity index is 2.10. The van der Waals surface area contributed by atoms with E-state index in [1.54, 1.807) is 24.3 Å². The van der Waals surface area contributed by atoms with Gasteiger partial charge in [0, 0.05) is 13.0 Å². The highest BCUT2D eigenvalue weighted by Gasteiger charge is 2.38. The third kappa shape index (κ3) is 8.24. The summed E-state index contributed by atoms with van der Waals surface area (Å²) in [6.07, 6.45) is 4.28. The van der Waals surface area contributed by atoms with Gasteiger partial charge in [0.2, 0.25) is 17.7 Å². The summed E-state index contributed by atoms with van der Waals surface area (Å²) >= 11 is 1.52. The van der Waals surface area contributed by atoms with Gasteiger partial charge in [0.15, 0.2) is 0 Å². The fourth-order valence-corrected chi connectivity index (χ4v) is 4.56. The number of carbonyl (C=O) groups is 4. The number of carboxylic acid groups (broad SMARTS) is 1. The third-order valence-corrected chi connectivity index (χ3v) is 7.17. The predicted octanol–water partition coefficient (Wildman–Crippen LogP) is 1.40. The van der Waals surface area contributed by atoms with Crippen LogP contribution < -0.4 is 16.4 Å². The maximum absolute atomic E-state index is 13.2. The summed E-state index contributed by atoms with van der Waals surface area (Å²) in [6.45, 7) is 4.31. The number of thioether (sulfide) groups is 1. The molecule has 1 saturated heterocycles. The summed E-state index contributed by atoms with van der Waals surface area (Å²) in [5.41, 5.74) is 6.91. The Morgan fingerprint density at radius 2 is 1.86 bits per heavy atom. The van der Waals surface area contributed by atoms with Gasteiger partial charge in [-0.15, -0.1) is 0 Å². The first-order valence-electron chi connectivity index (χ1n) is 12.1. The Labute approximate surface area is 211 Å². The molecule has 10 heteroatoms. The van der Waals surface area contributed by atoms with E-state index in [-0.39, 0.29) is 18.2 Å². The zero-order valence-electron chi connectivity index (χ0n) is 20.7. The highest BCUT2D eigenvalue weighted by molar-refractivity contribution is 7.98. The molecule has 194 valence electrons. The second-order valence-electron chi connectivity index (χ2n) is 9.03. The fraction of sp³-hybridized carbons (Fsp3) is 0.600. The molecule has 2 rings (SSSR count). The van der Waals surface area contributed by atoms with Crippen LogP contribution in [0.1, 0.15) is 45.1 Å². The molecule has 1 aliphatic heterocycles. The highest BCUT2D eigenvalue weighted by atomic mass is 32.2. The summed E-state index contributed by atoms with van der Waals surface area (Å²) in [5.74, 6) is -1.78. The monoisotopic (exact) mass is 506 g/mol. The van der Waals surface area contributed by atoms with Crippen LogP contribution in [0.5, 0.6) is 0 Å². The van der Waals surface area contributed by atoms with Gasteiger partial charge in [-0.2, -0.15) is 11.8 Å². The molecule has 35 heavy (non-hydrogen) atoms. The van der Waals surface area contributed by atoms with Crippen molar-refractivity contribution in [3.05, 3.63) is 35.9 Å². The summed E-state index contributed by atoms with van der Waals surface area (Å²) in [7, 11) is 0. The Morgan fingerprint density at radius 3 is 2.46 bits per heavy atom. The number of aliphatic carboxylic acids is 1. The minimum Gasteiger partial charge on any atom is -0.480 e. The van der Waals surface area contributed by atoms with Crippen molar-refractivity contribution in [1.82, 2.24) is 15.5 Å². The summed E-state index contributed by atoms with van der Waals surface area (Å²) in [5, 5.41) is 15.0. The number of amides is 3. The van der Waals surface area contributed by atoms with Crippen LogP contribution in [0, 0.1) is 5.92 Å². The zero-order valence-corrected chi connectivity index (χ0v) is 21.6. The van der Waals surface area contributed by atoms with Crippen LogP contribution in [0.3, 0.4) is 0 Å². The molecule has 9 nitrogen and oxygen atoms in total. The first kappa shape index (κ1) is 28.6. The van der Waals surface area contributed by atoms with Crippen LogP contribution in [-0.2, 0) is 25.6 Å². The van der Waals surface area contributed by atoms with Crippen molar-refractivity contribution in [3.8, 4) is 0 Å². The van der Waals surface area contributed by atoms with Gasteiger partial charge in [0.05, 0.1) is 6.04 Å². The van der Waals surface area contributed by atoms with Crippen molar-refractivity contribution in [2.75, 3.05) is 18.6 Å². The van der Waals surface area contributed by atoms with E-state index in [9.17, 15) is 24.3 Å². The molecule has 1 aliphatic rings. The predicted molar refractivity (Wildman–Crippen MR) is 137 cm³/mol. The standard InChI is InChI=1S/C25H38N4O5S/c1-4-16(2)21(26)24(32)29-13-8-11-20(29)23(31)27-18(12-14-35-3)22(30)28-19(25(33)34)15-17-9-6-5-7-10-17/h5-7,9-10,16,18-21H,4,8,11-15,26H2,1-3H3,(H,27,31)(H,28,30)(H,33,34). The summed E-state index contributed by atoms with van der Waals surface area (Å²) in [6, 6.07) is 5.62. The smallest absolute Gasteiger partial charge is 0.326 e. The molecule has 0 spiro atoms. The SMILES string of the molecule is CCC(C)C(N)C(=O)N1CCCC1C(=O)NC(CCSC)C(=O)NC(Cc1ccccc1)C(=O)O. The Hall–Kier alpha value is -2.59. The molecule has 3 amide bonds. The Kier molecular flexibility index (Phi) is 11.5. The molecular weight excluding hydrogens is 468 g/mol. The Morgan fingerprint density at radius 1 is 1.17 bits per heavy atom. The van der Waals surface area contributed by atoms with Gasteiger partial charge in [0.1, 0.15) is 18.1 Å². The second kappa shape index (κ2) is 14.1. The van der Waals surface area contributed by atoms with E-state index < -0.39 is 42.0 Å². The lowest BCUT2D eigenvalue weighted by Crippen LogP contribution is -2.57. The van der Waals surface area contributed by atoms with Gasteiger partial charge < -0.3 is 26.4 Å². The van der Waals surface area contributed by atoms with Crippen molar-refractivity contribution >= 4 is 35.5 Å². The van der Waals surface area contributed by atoms with Crippen LogP contribution >= 0.6 is 11.8 Å². The molecule has 1 aromatic carbocycles. The summed E-state index contributed by atoms with van der Waals surface area (Å²) < 4.78 is 0. The molecule has 1 heterocycles. The summed E-state index contributed by atoms with van der Waals surface area (Å²) in [4.78, 5) is 52.5. The number of carbonyl (C=O) groups excluding carboxylic acids is 3. The number of benzene rings is 1. The molecule has 0 radical (unpaired) electrons. The lowest BCUT2D eigenvalue weighted by molar-refractivity contribution is -0.143. The number of nitrogens with two attached hydrogens (primary N) is 1. The van der Waals surface area contributed by atoms with Crippen molar-refractivity contribution in [1.29, 1.82) is 0 Å². The molecular formula is C25H38N4O5S. The average molecular weight is 507 g/mol. The van der Waals surface area contributed by atoms with Crippen LogP contribution in [0.4, 0.5) is 0 Å². The molecule has 1 fully saturated rings. The van der Waals surface area contributed by atoms with E-state index in [0.717, 1.165) is 12.0 Å². The van der Waals surface area contributed by atoms with E-state index in [2.05, 4.69) is 10.6 Å². The minimum atomic E-state index is -1.15. The first-order valence-corrected chi connectivity index (χ1v) is 13.5. The van der Waals surface area contributed by atoms with Crippen molar-refractivity contribution in [3.63, 3.8) is 0 Å². The molecule has 5 unspecified atom stereocenters. The van der Waals surface area contributed by atoms with E-state index in [1.165, 1.54) is 16.7 Å². The van der Waals surface area contributed by atoms with Gasteiger partial charge in [-0.1, -0.05) is 50.6 Å². The molecule has 5 N–H and O–H groups in total. The number of hydrogen-bond acceptors (Lipinski definition) is 6. The normalized spacial score (nSPS) is 18.9. The highest BCUT2D eigenvalue weighted by Crippen LogP contribution is 2.21. The van der Waals surface area contributed by atoms with Gasteiger partial charge in [-0.25, -0.2) is 4.79 Å². The topological polar surface area (TPSA) is 142 Å². The number of likely N-dealkylation sites (tertiary alicyclic amines) is 1. The van der Waals surface area contributed by atoms with Crippen molar-refractivity contribution in [2.24, 2.45) is 11.7 Å². The van der Waals surface area contributed by atoms with E-state index in [1.807, 2.05) is 26.2 Å². The number of rotatable bonds is 13. The Bertz CT molecular complexity index is 869. The molecule has 0 aliphatic carbocycles. The van der Waals surface area contributed by atoms with Crippen LogP contribution in [-0.4, -0.2) is 76.4 Å². The lowest BCUT2D eigenvalue weighted by atomic mass is 9.98. The molecule has 0 saturated carbocycles. The largest absolute Gasteiger partial charge is 0.480 e. The molecule has 0 aromatic heterocycles. The number of hydrogen-bond donors (Lipinski definition) is 4. The number of nitrogens with one attached hydrogen (secondary N) is 2. The zero-order chi connectivity index (χ0) is 26.0. The van der Waals surface area contributed by atoms with Crippen molar-refractivity contribution < 1.29 is 24.3 Å². The van der Waals surface area contributed by atoms with E-state index >= 15 is 0 Å². The van der Waals surface area contributed by atoms with Crippen LogP contribution in [0.15, 0.2) is 30.3 Å². The van der Waals surface area contributed by atoms with Gasteiger partial charge in [-0.3, -0.25) is 14.4 Å². The van der Waals surface area contributed by atoms with E-state index in [0.29, 0.717) is 31.6 Å². The van der Waals surface area contributed by atoms with E-state index in [4.69, 9.17) is 5.73 Å². The minimum absolute atomic E-state index is 0.00974. The molecule has 0 bridgehead atoms. The third-order valence-electron chi connectivity index (χ3n) is 6.52. The van der Waals surface area contributed by atoms with Gasteiger partial charge in [-0.05, 0) is 42.8 Å². The van der Waals surface area contributed by atoms with Crippen LogP contribution in [0.2, 0.25) is 0 Å². The number of nitrogens with zero attached hydrogens (tertiary/aromatic N) is 1. The van der Waals surface area contributed by atoms with Gasteiger partial charge in [0.25, 0.3) is 0 Å². The van der Waals surface area contributed by atoms with Crippen LogP contribution in [0.25, 0.3) is 0 Å². The van der Waals surface area contributed by atoms with Crippen molar-refractivity contribution in [2.45, 2.75) is 70.1 Å². The fourth-order valence-electron chi connectivity index (χ4n) is 4.09. The maximum atomic E-state index is 13.2.